The summed E-state index contributed by atoms with van der Waals surface area (Å²) in [4.78, 5) is 4.86. The fourth-order valence-electron chi connectivity index (χ4n) is 18.4. The van der Waals surface area contributed by atoms with E-state index >= 15 is 0 Å². The number of fused-ring (bicyclic) bond motifs is 14. The standard InChI is InChI=1S/C114H72N2S2/c1-3-29-97-75(17-1)19-13-33-99(97)86-24-9-20-78(65-86)80-22-11-27-95(71-80)115(93-59-49-77(50-60-93)105-35-15-39-111-113(105)106-31-5-7-37-109(106)117-111)92-55-45-73(46-56-92)83-52-62-103-90(68-83)43-44-91-70-85(54-64-104(91)103)84-53-63-101-88(69-84)26-14-34-100(101)87-25-10-21-79(66-87)81-23-12-28-96(72-81)116(108-36-16-40-112-114(108)107-32-6-8-38-110(107)118-112)94-57-47-74(48-58-94)82-51-61-102-89(67-82)42-41-76-18-2-4-30-98(76)102/h1-72H. The fraction of sp³-hybridized carbons (Fsp3) is 0. The van der Waals surface area contributed by atoms with E-state index in [0.29, 0.717) is 0 Å². The highest BCUT2D eigenvalue weighted by Gasteiger charge is 2.23. The number of rotatable bonds is 14. The zero-order chi connectivity index (χ0) is 77.7. The van der Waals surface area contributed by atoms with Crippen LogP contribution in [0, 0.1) is 0 Å². The molecule has 0 atom stereocenters. The van der Waals surface area contributed by atoms with Gasteiger partial charge in [0.2, 0.25) is 0 Å². The van der Waals surface area contributed by atoms with Gasteiger partial charge in [-0.2, -0.15) is 0 Å². The molecule has 0 aliphatic rings. The van der Waals surface area contributed by atoms with Gasteiger partial charge in [0.05, 0.1) is 5.69 Å². The van der Waals surface area contributed by atoms with Crippen molar-refractivity contribution >= 4 is 162 Å². The Bertz CT molecular complexity index is 7940. The minimum absolute atomic E-state index is 1.08. The zero-order valence-corrected chi connectivity index (χ0v) is 65.9. The van der Waals surface area contributed by atoms with E-state index in [4.69, 9.17) is 0 Å². The van der Waals surface area contributed by atoms with Gasteiger partial charge in [0, 0.05) is 68.8 Å². The first-order valence-corrected chi connectivity index (χ1v) is 42.1. The first kappa shape index (κ1) is 68.8. The normalized spacial score (nSPS) is 11.7. The lowest BCUT2D eigenvalue weighted by atomic mass is 9.92. The molecule has 0 bridgehead atoms. The lowest BCUT2D eigenvalue weighted by molar-refractivity contribution is 1.28. The van der Waals surface area contributed by atoms with Crippen molar-refractivity contribution in [1.29, 1.82) is 0 Å². The van der Waals surface area contributed by atoms with Crippen LogP contribution in [0.4, 0.5) is 34.1 Å². The van der Waals surface area contributed by atoms with E-state index in [1.54, 1.807) is 0 Å². The molecular weight excluding hydrogens is 1460 g/mol. The number of benzene rings is 21. The average Bonchev–Trinajstić information content (AvgIpc) is 1.47. The van der Waals surface area contributed by atoms with Crippen molar-refractivity contribution in [2.24, 2.45) is 0 Å². The molecular formula is C114H72N2S2. The monoisotopic (exact) mass is 1530 g/mol. The summed E-state index contributed by atoms with van der Waals surface area (Å²) in [6.07, 6.45) is 0. The molecule has 0 radical (unpaired) electrons. The van der Waals surface area contributed by atoms with E-state index in [0.717, 1.165) is 56.4 Å². The molecule has 0 aliphatic heterocycles. The van der Waals surface area contributed by atoms with Gasteiger partial charge in [-0.3, -0.25) is 0 Å². The molecule has 0 saturated heterocycles. The summed E-state index contributed by atoms with van der Waals surface area (Å²) in [5.41, 5.74) is 25.6. The third-order valence-electron chi connectivity index (χ3n) is 24.2. The van der Waals surface area contributed by atoms with E-state index in [9.17, 15) is 0 Å². The molecule has 0 amide bonds. The Kier molecular flexibility index (Phi) is 16.7. The molecule has 23 rings (SSSR count). The molecule has 2 heterocycles. The van der Waals surface area contributed by atoms with Gasteiger partial charge in [-0.15, -0.1) is 22.7 Å². The first-order valence-electron chi connectivity index (χ1n) is 40.5. The third kappa shape index (κ3) is 12.2. The van der Waals surface area contributed by atoms with Gasteiger partial charge in [0.15, 0.2) is 0 Å². The van der Waals surface area contributed by atoms with Crippen molar-refractivity contribution in [3.8, 4) is 89.0 Å². The van der Waals surface area contributed by atoms with Crippen LogP contribution in [0.5, 0.6) is 0 Å². The summed E-state index contributed by atoms with van der Waals surface area (Å²) in [5.74, 6) is 0. The molecule has 2 aromatic heterocycles. The highest BCUT2D eigenvalue weighted by molar-refractivity contribution is 7.26. The van der Waals surface area contributed by atoms with Crippen molar-refractivity contribution in [2.45, 2.75) is 0 Å². The molecule has 0 aliphatic carbocycles. The Morgan fingerprint density at radius 2 is 0.458 bits per heavy atom. The van der Waals surface area contributed by atoms with Gasteiger partial charge in [0.1, 0.15) is 0 Å². The maximum Gasteiger partial charge on any atom is 0.0554 e. The second-order valence-electron chi connectivity index (χ2n) is 31.0. The lowest BCUT2D eigenvalue weighted by Gasteiger charge is -2.27. The van der Waals surface area contributed by atoms with Crippen LogP contribution < -0.4 is 9.80 Å². The van der Waals surface area contributed by atoms with Gasteiger partial charge < -0.3 is 9.80 Å². The van der Waals surface area contributed by atoms with Crippen LogP contribution in [0.3, 0.4) is 0 Å². The summed E-state index contributed by atoms with van der Waals surface area (Å²) >= 11 is 3.72. The minimum atomic E-state index is 1.08. The third-order valence-corrected chi connectivity index (χ3v) is 26.5. The van der Waals surface area contributed by atoms with Gasteiger partial charge in [-0.05, 0) is 281 Å². The maximum absolute atomic E-state index is 2.46. The number of nitrogens with zero attached hydrogens (tertiary/aromatic N) is 2. The van der Waals surface area contributed by atoms with E-state index in [1.807, 2.05) is 22.7 Å². The molecule has 2 nitrogen and oxygen atoms in total. The smallest absolute Gasteiger partial charge is 0.0554 e. The Morgan fingerprint density at radius 1 is 0.144 bits per heavy atom. The topological polar surface area (TPSA) is 6.48 Å². The fourth-order valence-corrected chi connectivity index (χ4v) is 20.7. The molecule has 0 unspecified atom stereocenters. The Hall–Kier alpha value is -14.8. The maximum atomic E-state index is 2.46. The Balaban J connectivity index is 0.531. The van der Waals surface area contributed by atoms with Crippen LogP contribution in [0.25, 0.3) is 194 Å². The second-order valence-corrected chi connectivity index (χ2v) is 33.2. The number of anilines is 6. The van der Waals surface area contributed by atoms with E-state index in [2.05, 4.69) is 447 Å². The van der Waals surface area contributed by atoms with Crippen LogP contribution >= 0.6 is 22.7 Å². The quantitative estimate of drug-likeness (QED) is 0.100. The van der Waals surface area contributed by atoms with E-state index in [-0.39, 0.29) is 0 Å². The predicted molar refractivity (Wildman–Crippen MR) is 510 cm³/mol. The Labute approximate surface area is 692 Å². The Morgan fingerprint density at radius 3 is 1.01 bits per heavy atom. The molecule has 21 aromatic carbocycles. The van der Waals surface area contributed by atoms with Gasteiger partial charge in [0.25, 0.3) is 0 Å². The van der Waals surface area contributed by atoms with Crippen molar-refractivity contribution in [2.75, 3.05) is 9.80 Å². The van der Waals surface area contributed by atoms with Gasteiger partial charge >= 0.3 is 0 Å². The number of thiophene rings is 2. The molecule has 550 valence electrons. The van der Waals surface area contributed by atoms with Crippen LogP contribution in [0.2, 0.25) is 0 Å². The van der Waals surface area contributed by atoms with Crippen LogP contribution in [0.15, 0.2) is 437 Å². The van der Waals surface area contributed by atoms with Crippen molar-refractivity contribution in [3.05, 3.63) is 437 Å². The zero-order valence-electron chi connectivity index (χ0n) is 64.3. The summed E-state index contributed by atoms with van der Waals surface area (Å²) in [5, 5.41) is 20.0. The molecule has 0 saturated carbocycles. The van der Waals surface area contributed by atoms with E-state index in [1.165, 1.54) is 172 Å². The summed E-state index contributed by atoms with van der Waals surface area (Å²) < 4.78 is 5.17. The van der Waals surface area contributed by atoms with Crippen molar-refractivity contribution in [1.82, 2.24) is 0 Å². The summed E-state index contributed by atoms with van der Waals surface area (Å²) in [6.45, 7) is 0. The van der Waals surface area contributed by atoms with E-state index < -0.39 is 0 Å². The molecule has 4 heteroatoms. The largest absolute Gasteiger partial charge is 0.310 e. The molecule has 0 N–H and O–H groups in total. The lowest BCUT2D eigenvalue weighted by Crippen LogP contribution is -2.10. The molecule has 118 heavy (non-hydrogen) atoms. The number of hydrogen-bond acceptors (Lipinski definition) is 4. The van der Waals surface area contributed by atoms with Gasteiger partial charge in [-0.25, -0.2) is 0 Å². The summed E-state index contributed by atoms with van der Waals surface area (Å²) in [7, 11) is 0. The summed E-state index contributed by atoms with van der Waals surface area (Å²) in [6, 6.07) is 162. The average molecular weight is 1530 g/mol. The molecule has 23 aromatic rings. The SMILES string of the molecule is c1cc(-c2cccc(N(c3ccc(-c4ccc5c(ccc6cc(-c7ccc8c(-c9cccc(-c%10cccc(N(c%11ccc(-c%12ccc%13c(ccc%14ccccc%14%13)c%12)cc%11)c%11cccc%12sc%13ccccc%13c%11%12)c%10)c9)cccc8c7)ccc65)c4)cc3)c3ccc(-c4cccc5sc6ccccc6c45)cc3)c2)cc(-c2cccc3ccccc23)c1. The van der Waals surface area contributed by atoms with Crippen LogP contribution in [-0.2, 0) is 0 Å². The van der Waals surface area contributed by atoms with Crippen LogP contribution in [0.1, 0.15) is 0 Å². The molecule has 0 fully saturated rings. The van der Waals surface area contributed by atoms with Gasteiger partial charge in [-0.1, -0.05) is 309 Å². The molecule has 0 spiro atoms. The van der Waals surface area contributed by atoms with Crippen LogP contribution in [-0.4, -0.2) is 0 Å². The number of hydrogen-bond donors (Lipinski definition) is 0. The van der Waals surface area contributed by atoms with Crippen molar-refractivity contribution in [3.63, 3.8) is 0 Å². The highest BCUT2D eigenvalue weighted by atomic mass is 32.1. The minimum Gasteiger partial charge on any atom is -0.310 e. The van der Waals surface area contributed by atoms with Crippen molar-refractivity contribution < 1.29 is 0 Å². The highest BCUT2D eigenvalue weighted by Crippen LogP contribution is 2.49. The first-order chi connectivity index (χ1) is 58.4. The second kappa shape index (κ2) is 28.6. The predicted octanol–water partition coefficient (Wildman–Crippen LogP) is 33.6.